The maximum Gasteiger partial charge on any atom is 0.338 e. The molecule has 0 saturated carbocycles. The van der Waals surface area contributed by atoms with Crippen LogP contribution in [0.25, 0.3) is 0 Å². The van der Waals surface area contributed by atoms with Crippen LogP contribution in [0, 0.1) is 0 Å². The number of fused-ring (bicyclic) bond motifs is 1. The van der Waals surface area contributed by atoms with Crippen LogP contribution in [-0.2, 0) is 9.53 Å². The molecule has 1 aliphatic rings. The maximum atomic E-state index is 12.0. The molecule has 0 spiro atoms. The van der Waals surface area contributed by atoms with Crippen LogP contribution in [0.4, 0.5) is 5.00 Å². The third-order valence-electron chi connectivity index (χ3n) is 3.13. The van der Waals surface area contributed by atoms with E-state index in [4.69, 9.17) is 19.9 Å². The first-order valence-corrected chi connectivity index (χ1v) is 7.66. The molecule has 9 heteroatoms. The van der Waals surface area contributed by atoms with Crippen LogP contribution in [0.2, 0.25) is 0 Å². The summed E-state index contributed by atoms with van der Waals surface area (Å²) in [6, 6.07) is 6.08. The number of hydrogen-bond donors (Lipinski definition) is 2. The van der Waals surface area contributed by atoms with Gasteiger partial charge in [0.15, 0.2) is 18.1 Å². The van der Waals surface area contributed by atoms with E-state index in [9.17, 15) is 14.4 Å². The number of nitrogens with two attached hydrogens (primary N) is 1. The SMILES string of the molecule is NC(=O)c1ccsc1NC(=O)COC(=O)c1ccc2c(c1)OCO2. The van der Waals surface area contributed by atoms with Gasteiger partial charge in [0, 0.05) is 0 Å². The fourth-order valence-corrected chi connectivity index (χ4v) is 2.81. The number of primary amides is 1. The van der Waals surface area contributed by atoms with Crippen molar-refractivity contribution >= 4 is 34.1 Å². The molecule has 1 aliphatic heterocycles. The van der Waals surface area contributed by atoms with Crippen molar-refractivity contribution in [1.82, 2.24) is 0 Å². The first-order valence-electron chi connectivity index (χ1n) is 6.78. The van der Waals surface area contributed by atoms with Gasteiger partial charge in [-0.2, -0.15) is 0 Å². The summed E-state index contributed by atoms with van der Waals surface area (Å²) >= 11 is 1.15. The second-order valence-corrected chi connectivity index (χ2v) is 5.64. The molecule has 1 aromatic heterocycles. The van der Waals surface area contributed by atoms with Crippen molar-refractivity contribution in [3.05, 3.63) is 40.8 Å². The van der Waals surface area contributed by atoms with Gasteiger partial charge in [0.05, 0.1) is 11.1 Å². The highest BCUT2D eigenvalue weighted by atomic mass is 32.1. The topological polar surface area (TPSA) is 117 Å². The molecule has 1 aromatic carbocycles. The van der Waals surface area contributed by atoms with Crippen molar-refractivity contribution in [2.24, 2.45) is 5.73 Å². The average Bonchev–Trinajstić information content (AvgIpc) is 3.20. The van der Waals surface area contributed by atoms with Crippen LogP contribution in [0.1, 0.15) is 20.7 Å². The summed E-state index contributed by atoms with van der Waals surface area (Å²) < 4.78 is 15.3. The van der Waals surface area contributed by atoms with Crippen LogP contribution in [0.3, 0.4) is 0 Å². The number of ether oxygens (including phenoxy) is 3. The van der Waals surface area contributed by atoms with Crippen molar-refractivity contribution in [2.75, 3.05) is 18.7 Å². The molecule has 0 radical (unpaired) electrons. The van der Waals surface area contributed by atoms with E-state index in [1.54, 1.807) is 11.4 Å². The van der Waals surface area contributed by atoms with Gasteiger partial charge in [0.1, 0.15) is 5.00 Å². The molecule has 8 nitrogen and oxygen atoms in total. The molecule has 0 aliphatic carbocycles. The lowest BCUT2D eigenvalue weighted by molar-refractivity contribution is -0.119. The van der Waals surface area contributed by atoms with Gasteiger partial charge < -0.3 is 25.3 Å². The van der Waals surface area contributed by atoms with E-state index in [1.807, 2.05) is 0 Å². The molecule has 24 heavy (non-hydrogen) atoms. The number of hydrogen-bond acceptors (Lipinski definition) is 7. The number of rotatable bonds is 5. The zero-order chi connectivity index (χ0) is 17.1. The summed E-state index contributed by atoms with van der Waals surface area (Å²) in [6.45, 7) is -0.400. The average molecular weight is 348 g/mol. The monoisotopic (exact) mass is 348 g/mol. The number of benzene rings is 1. The number of carbonyl (C=O) groups excluding carboxylic acids is 3. The van der Waals surface area contributed by atoms with E-state index in [1.165, 1.54) is 18.2 Å². The van der Waals surface area contributed by atoms with E-state index < -0.39 is 24.4 Å². The molecule has 2 heterocycles. The Morgan fingerprint density at radius 1 is 1.21 bits per heavy atom. The summed E-state index contributed by atoms with van der Waals surface area (Å²) in [5.74, 6) is -0.915. The molecule has 3 rings (SSSR count). The third-order valence-corrected chi connectivity index (χ3v) is 3.96. The molecule has 0 fully saturated rings. The number of thiophene rings is 1. The molecule has 2 amide bonds. The second kappa shape index (κ2) is 6.59. The van der Waals surface area contributed by atoms with E-state index in [2.05, 4.69) is 5.32 Å². The fraction of sp³-hybridized carbons (Fsp3) is 0.133. The molecular formula is C15H12N2O6S. The third kappa shape index (κ3) is 3.30. The first kappa shape index (κ1) is 15.8. The zero-order valence-electron chi connectivity index (χ0n) is 12.2. The van der Waals surface area contributed by atoms with Crippen molar-refractivity contribution in [2.45, 2.75) is 0 Å². The van der Waals surface area contributed by atoms with E-state index in [-0.39, 0.29) is 17.9 Å². The first-order chi connectivity index (χ1) is 11.5. The molecule has 2 aromatic rings. The van der Waals surface area contributed by atoms with Gasteiger partial charge in [-0.25, -0.2) is 4.79 Å². The van der Waals surface area contributed by atoms with Gasteiger partial charge in [0.25, 0.3) is 11.8 Å². The molecule has 124 valence electrons. The zero-order valence-corrected chi connectivity index (χ0v) is 13.1. The lowest BCUT2D eigenvalue weighted by Crippen LogP contribution is -2.22. The Labute approximate surface area is 140 Å². The lowest BCUT2D eigenvalue weighted by atomic mass is 10.2. The van der Waals surface area contributed by atoms with Crippen LogP contribution in [-0.4, -0.2) is 31.2 Å². The Morgan fingerprint density at radius 2 is 2.00 bits per heavy atom. The molecule has 0 bridgehead atoms. The number of anilines is 1. The standard InChI is InChI=1S/C15H12N2O6S/c16-13(19)9-3-4-24-14(9)17-12(18)6-21-15(20)8-1-2-10-11(5-8)23-7-22-10/h1-5H,6-7H2,(H2,16,19)(H,17,18). The second-order valence-electron chi connectivity index (χ2n) is 4.72. The Hall–Kier alpha value is -3.07. The van der Waals surface area contributed by atoms with Crippen LogP contribution in [0.5, 0.6) is 11.5 Å². The van der Waals surface area contributed by atoms with E-state index >= 15 is 0 Å². The van der Waals surface area contributed by atoms with E-state index in [0.29, 0.717) is 16.5 Å². The van der Waals surface area contributed by atoms with Crippen LogP contribution < -0.4 is 20.5 Å². The predicted octanol–water partition coefficient (Wildman–Crippen LogP) is 1.37. The summed E-state index contributed by atoms with van der Waals surface area (Å²) in [7, 11) is 0. The molecule has 3 N–H and O–H groups in total. The highest BCUT2D eigenvalue weighted by Crippen LogP contribution is 2.32. The summed E-state index contributed by atoms with van der Waals surface area (Å²) in [4.78, 5) is 35.0. The number of nitrogens with one attached hydrogen (secondary N) is 1. The van der Waals surface area contributed by atoms with Crippen molar-refractivity contribution < 1.29 is 28.6 Å². The van der Waals surface area contributed by atoms with Crippen molar-refractivity contribution in [3.63, 3.8) is 0 Å². The normalized spacial score (nSPS) is 11.8. The van der Waals surface area contributed by atoms with Crippen LogP contribution >= 0.6 is 11.3 Å². The Bertz CT molecular complexity index is 816. The number of carbonyl (C=O) groups is 3. The van der Waals surface area contributed by atoms with Crippen molar-refractivity contribution in [1.29, 1.82) is 0 Å². The number of esters is 1. The Balaban J connectivity index is 1.57. The van der Waals surface area contributed by atoms with Gasteiger partial charge in [-0.1, -0.05) is 0 Å². The highest BCUT2D eigenvalue weighted by Gasteiger charge is 2.18. The number of amides is 2. The minimum atomic E-state index is -0.676. The fourth-order valence-electron chi connectivity index (χ4n) is 2.00. The summed E-state index contributed by atoms with van der Waals surface area (Å²) in [5.41, 5.74) is 5.63. The quantitative estimate of drug-likeness (QED) is 0.788. The van der Waals surface area contributed by atoms with E-state index in [0.717, 1.165) is 11.3 Å². The van der Waals surface area contributed by atoms with Gasteiger partial charge in [-0.05, 0) is 29.6 Å². The largest absolute Gasteiger partial charge is 0.454 e. The maximum absolute atomic E-state index is 12.0. The Kier molecular flexibility index (Phi) is 4.34. The highest BCUT2D eigenvalue weighted by molar-refractivity contribution is 7.14. The van der Waals surface area contributed by atoms with Gasteiger partial charge in [0.2, 0.25) is 6.79 Å². The minimum absolute atomic E-state index is 0.0965. The van der Waals surface area contributed by atoms with Gasteiger partial charge >= 0.3 is 5.97 Å². The Morgan fingerprint density at radius 3 is 2.79 bits per heavy atom. The molecule has 0 atom stereocenters. The van der Waals surface area contributed by atoms with Crippen LogP contribution in [0.15, 0.2) is 29.6 Å². The summed E-state index contributed by atoms with van der Waals surface area (Å²) in [5, 5.41) is 4.41. The lowest BCUT2D eigenvalue weighted by Gasteiger charge is -2.07. The summed E-state index contributed by atoms with van der Waals surface area (Å²) in [6.07, 6.45) is 0. The van der Waals surface area contributed by atoms with Gasteiger partial charge in [-0.15, -0.1) is 11.3 Å². The molecular weight excluding hydrogens is 336 g/mol. The predicted molar refractivity (Wildman–Crippen MR) is 84.3 cm³/mol. The smallest absolute Gasteiger partial charge is 0.338 e. The van der Waals surface area contributed by atoms with Crippen molar-refractivity contribution in [3.8, 4) is 11.5 Å². The molecule has 0 saturated heterocycles. The molecule has 0 unspecified atom stereocenters. The minimum Gasteiger partial charge on any atom is -0.454 e. The van der Waals surface area contributed by atoms with Gasteiger partial charge in [-0.3, -0.25) is 9.59 Å².